The van der Waals surface area contributed by atoms with E-state index in [1.54, 1.807) is 32.1 Å². The number of imidazole rings is 1. The van der Waals surface area contributed by atoms with Gasteiger partial charge in [-0.1, -0.05) is 57.2 Å². The van der Waals surface area contributed by atoms with Crippen molar-refractivity contribution in [2.24, 2.45) is 11.8 Å². The zero-order valence-corrected chi connectivity index (χ0v) is 39.0. The first kappa shape index (κ1) is 45.1. The molecule has 3 aliphatic carbocycles. The Kier molecular flexibility index (Phi) is 12.7. The number of nitrogens with one attached hydrogen (secondary N) is 3. The number of benzene rings is 1. The fourth-order valence-electron chi connectivity index (χ4n) is 9.61. The number of alkyl carbamates (subject to hydrolysis) is 1. The second kappa shape index (κ2) is 17.8. The number of nitrogens with zero attached hydrogens (tertiary/aromatic N) is 4. The molecule has 15 nitrogen and oxygen atoms in total. The molecular formula is C46H63N7O8S2. The summed E-state index contributed by atoms with van der Waals surface area (Å²) < 4.78 is 42.8. The largest absolute Gasteiger partial charge is 0.459 e. The fraction of sp³-hybridized carbons (Fsp3) is 0.652. The minimum Gasteiger partial charge on any atom is -0.459 e. The molecular weight excluding hydrogens is 843 g/mol. The lowest BCUT2D eigenvalue weighted by Gasteiger charge is -2.31. The van der Waals surface area contributed by atoms with Gasteiger partial charge in [-0.3, -0.25) is 23.7 Å². The number of thiazole rings is 1. The molecule has 3 saturated carbocycles. The van der Waals surface area contributed by atoms with Gasteiger partial charge >= 0.3 is 6.09 Å². The Hall–Kier alpha value is -4.51. The van der Waals surface area contributed by atoms with E-state index in [4.69, 9.17) is 19.4 Å². The molecule has 0 radical (unpaired) electrons. The molecule has 5 aliphatic rings. The standard InChI is InChI=1S/C46H63N7O8S2/c1-27(2)53-35-21-15-19-32(40-47-34(26-62-40)29-16-11-10-12-17-29)37(35)49-43(53)60-36-25-52-38(28(36)3)39(54)50-46(42(56)51-63(58,59)31-22-23-31)24-30(46)18-13-8-7-9-14-20-33(41(52)55)48-44(57)61-45(4,5)6/h13,15,18-19,21,26-31,33,36,38H,7-12,14,16-17,20,22-25H2,1-6H3,(H,48,57)(H,50,54)(H,51,56)/b18-13-/t28-,30-,33+,36+,38+,46-/m1/s1. The summed E-state index contributed by atoms with van der Waals surface area (Å²) in [5.74, 6) is -2.48. The van der Waals surface area contributed by atoms with Gasteiger partial charge in [0.15, 0.2) is 0 Å². The number of allylic oxidation sites excluding steroid dienone is 1. The molecule has 2 aliphatic heterocycles. The van der Waals surface area contributed by atoms with Crippen LogP contribution in [0.1, 0.15) is 143 Å². The smallest absolute Gasteiger partial charge is 0.408 e. The van der Waals surface area contributed by atoms with E-state index < -0.39 is 80.3 Å². The van der Waals surface area contributed by atoms with E-state index in [1.165, 1.54) is 24.2 Å². The molecule has 63 heavy (non-hydrogen) atoms. The monoisotopic (exact) mass is 905 g/mol. The molecule has 4 heterocycles. The minimum atomic E-state index is -3.91. The Morgan fingerprint density at radius 3 is 2.44 bits per heavy atom. The summed E-state index contributed by atoms with van der Waals surface area (Å²) in [7, 11) is -3.91. The number of amides is 4. The number of hydrogen-bond donors (Lipinski definition) is 3. The van der Waals surface area contributed by atoms with Gasteiger partial charge in [0, 0.05) is 34.7 Å². The summed E-state index contributed by atoms with van der Waals surface area (Å²) in [6.45, 7) is 11.1. The van der Waals surface area contributed by atoms with Crippen molar-refractivity contribution < 1.29 is 37.1 Å². The topological polar surface area (TPSA) is 191 Å². The van der Waals surface area contributed by atoms with Gasteiger partial charge in [-0.25, -0.2) is 18.2 Å². The first-order valence-corrected chi connectivity index (χ1v) is 25.4. The molecule has 6 atom stereocenters. The predicted octanol–water partition coefficient (Wildman–Crippen LogP) is 7.28. The maximum absolute atomic E-state index is 14.9. The lowest BCUT2D eigenvalue weighted by Crippen LogP contribution is -2.59. The van der Waals surface area contributed by atoms with Gasteiger partial charge in [0.1, 0.15) is 39.9 Å². The number of aromatic nitrogens is 3. The predicted molar refractivity (Wildman–Crippen MR) is 241 cm³/mol. The number of carbonyl (C=O) groups excluding carboxylic acids is 4. The van der Waals surface area contributed by atoms with E-state index in [9.17, 15) is 27.6 Å². The van der Waals surface area contributed by atoms with Crippen LogP contribution < -0.4 is 20.1 Å². The summed E-state index contributed by atoms with van der Waals surface area (Å²) in [6, 6.07) is 4.14. The van der Waals surface area contributed by atoms with Gasteiger partial charge in [0.2, 0.25) is 21.8 Å². The molecule has 2 aromatic heterocycles. The summed E-state index contributed by atoms with van der Waals surface area (Å²) in [5, 5.41) is 8.20. The second-order valence-electron chi connectivity index (χ2n) is 19.6. The van der Waals surface area contributed by atoms with E-state index >= 15 is 0 Å². The number of fused-ring (bicyclic) bond motifs is 3. The molecule has 3 aromatic rings. The van der Waals surface area contributed by atoms with Gasteiger partial charge in [0.05, 0.1) is 23.0 Å². The van der Waals surface area contributed by atoms with Crippen molar-refractivity contribution in [2.45, 2.75) is 172 Å². The highest BCUT2D eigenvalue weighted by Crippen LogP contribution is 2.47. The van der Waals surface area contributed by atoms with Crippen LogP contribution in [0.5, 0.6) is 6.01 Å². The third-order valence-corrected chi connectivity index (χ3v) is 16.0. The van der Waals surface area contributed by atoms with E-state index in [1.807, 2.05) is 55.7 Å². The van der Waals surface area contributed by atoms with E-state index in [0.717, 1.165) is 53.0 Å². The first-order chi connectivity index (χ1) is 30.0. The Labute approximate surface area is 374 Å². The van der Waals surface area contributed by atoms with Crippen molar-refractivity contribution >= 4 is 56.2 Å². The molecule has 4 fully saturated rings. The molecule has 1 aromatic carbocycles. The lowest BCUT2D eigenvalue weighted by molar-refractivity contribution is -0.142. The number of para-hydroxylation sites is 1. The summed E-state index contributed by atoms with van der Waals surface area (Å²) in [6.07, 6.45) is 12.7. The lowest BCUT2D eigenvalue weighted by atomic mass is 9.87. The average Bonchev–Trinajstić information content (AvgIpc) is 4.07. The quantitative estimate of drug-likeness (QED) is 0.184. The zero-order chi connectivity index (χ0) is 44.8. The van der Waals surface area contributed by atoms with Crippen LogP contribution in [0, 0.1) is 11.8 Å². The molecule has 17 heteroatoms. The normalized spacial score (nSPS) is 28.0. The number of rotatable bonds is 9. The molecule has 4 amide bonds. The van der Waals surface area contributed by atoms with Gasteiger partial charge in [-0.15, -0.1) is 11.3 Å². The van der Waals surface area contributed by atoms with Gasteiger partial charge in [-0.2, -0.15) is 4.98 Å². The Morgan fingerprint density at radius 1 is 1.00 bits per heavy atom. The highest BCUT2D eigenvalue weighted by atomic mass is 32.2. The Morgan fingerprint density at radius 2 is 1.73 bits per heavy atom. The van der Waals surface area contributed by atoms with Crippen LogP contribution in [-0.4, -0.2) is 92.8 Å². The summed E-state index contributed by atoms with van der Waals surface area (Å²) in [5.41, 5.74) is 1.31. The van der Waals surface area contributed by atoms with E-state index in [2.05, 4.69) is 20.7 Å². The SMILES string of the molecule is CC(C)n1c(O[C@H]2CN3C(=O)[C@@H](NC(=O)OC(C)(C)C)CCCCC/C=C\[C@@H]4C[C@@]4(C(=O)NS(=O)(=O)C4CC4)NC(=O)[C@@H]3[C@@H]2C)nc2c(-c3nc(C4CCCCC4)cs3)cccc21. The molecule has 1 saturated heterocycles. The van der Waals surface area contributed by atoms with Crippen molar-refractivity contribution in [3.63, 3.8) is 0 Å². The van der Waals surface area contributed by atoms with Crippen LogP contribution in [0.2, 0.25) is 0 Å². The average molecular weight is 906 g/mol. The first-order valence-electron chi connectivity index (χ1n) is 22.9. The van der Waals surface area contributed by atoms with Crippen LogP contribution in [0.15, 0.2) is 35.7 Å². The third-order valence-electron chi connectivity index (χ3n) is 13.3. The second-order valence-corrected chi connectivity index (χ2v) is 22.4. The van der Waals surface area contributed by atoms with Crippen LogP contribution in [0.4, 0.5) is 4.79 Å². The third kappa shape index (κ3) is 9.64. The van der Waals surface area contributed by atoms with Crippen LogP contribution in [0.25, 0.3) is 21.6 Å². The molecule has 0 bridgehead atoms. The van der Waals surface area contributed by atoms with Gasteiger partial charge < -0.3 is 25.0 Å². The van der Waals surface area contributed by atoms with Crippen molar-refractivity contribution in [1.82, 2.24) is 34.8 Å². The number of hydrogen-bond acceptors (Lipinski definition) is 11. The maximum Gasteiger partial charge on any atom is 0.408 e. The fourth-order valence-corrected chi connectivity index (χ4v) is 11.9. The van der Waals surface area contributed by atoms with Crippen molar-refractivity contribution in [3.05, 3.63) is 41.4 Å². The van der Waals surface area contributed by atoms with Crippen molar-refractivity contribution in [2.75, 3.05) is 6.54 Å². The van der Waals surface area contributed by atoms with E-state index in [0.29, 0.717) is 44.0 Å². The summed E-state index contributed by atoms with van der Waals surface area (Å²) >= 11 is 1.62. The minimum absolute atomic E-state index is 0.0193. The summed E-state index contributed by atoms with van der Waals surface area (Å²) in [4.78, 5) is 68.6. The van der Waals surface area contributed by atoms with Crippen molar-refractivity contribution in [1.29, 1.82) is 0 Å². The number of ether oxygens (including phenoxy) is 2. The van der Waals surface area contributed by atoms with Gasteiger partial charge in [0.25, 0.3) is 11.9 Å². The molecule has 8 rings (SSSR count). The Bertz CT molecular complexity index is 2360. The molecule has 0 unspecified atom stereocenters. The maximum atomic E-state index is 14.9. The number of carbonyl (C=O) groups is 4. The zero-order valence-electron chi connectivity index (χ0n) is 37.4. The van der Waals surface area contributed by atoms with Crippen molar-refractivity contribution in [3.8, 4) is 16.6 Å². The Balaban J connectivity index is 1.13. The van der Waals surface area contributed by atoms with Crippen LogP contribution in [-0.2, 0) is 29.1 Å². The molecule has 342 valence electrons. The van der Waals surface area contributed by atoms with Crippen LogP contribution in [0.3, 0.4) is 0 Å². The van der Waals surface area contributed by atoms with E-state index in [-0.39, 0.29) is 19.0 Å². The number of sulfonamides is 1. The molecule has 3 N–H and O–H groups in total. The van der Waals surface area contributed by atoms with Gasteiger partial charge in [-0.05, 0) is 98.1 Å². The molecule has 0 spiro atoms. The highest BCUT2D eigenvalue weighted by molar-refractivity contribution is 7.91. The highest BCUT2D eigenvalue weighted by Gasteiger charge is 2.62. The van der Waals surface area contributed by atoms with Crippen LogP contribution >= 0.6 is 11.3 Å².